The van der Waals surface area contributed by atoms with Crippen LogP contribution < -0.4 is 21.3 Å². The molecule has 132 valence electrons. The van der Waals surface area contributed by atoms with E-state index in [-0.39, 0.29) is 17.7 Å². The van der Waals surface area contributed by atoms with Crippen LogP contribution in [-0.4, -0.2) is 23.5 Å². The molecule has 7 heteroatoms. The summed E-state index contributed by atoms with van der Waals surface area (Å²) in [6.07, 6.45) is 1.55. The average Bonchev–Trinajstić information content (AvgIpc) is 2.64. The van der Waals surface area contributed by atoms with Crippen LogP contribution in [0.4, 0.5) is 5.69 Å². The maximum atomic E-state index is 12.6. The number of amides is 2. The molecule has 0 atom stereocenters. The summed E-state index contributed by atoms with van der Waals surface area (Å²) in [5, 5.41) is 3.83. The molecule has 0 bridgehead atoms. The monoisotopic (exact) mass is 351 g/mol. The van der Waals surface area contributed by atoms with Gasteiger partial charge in [0.1, 0.15) is 12.3 Å². The highest BCUT2D eigenvalue weighted by Crippen LogP contribution is 2.18. The summed E-state index contributed by atoms with van der Waals surface area (Å²) in [5.41, 5.74) is 5.52. The van der Waals surface area contributed by atoms with Crippen LogP contribution in [0, 0.1) is 0 Å². The lowest BCUT2D eigenvalue weighted by Gasteiger charge is -2.11. The van der Waals surface area contributed by atoms with Gasteiger partial charge in [-0.25, -0.2) is 0 Å². The van der Waals surface area contributed by atoms with Crippen LogP contribution in [0.2, 0.25) is 0 Å². The van der Waals surface area contributed by atoms with Crippen molar-refractivity contribution < 1.29 is 14.3 Å². The van der Waals surface area contributed by atoms with Crippen LogP contribution in [-0.2, 0) is 11.3 Å². The lowest BCUT2D eigenvalue weighted by Crippen LogP contribution is -2.28. The Morgan fingerprint density at radius 2 is 1.92 bits per heavy atom. The molecule has 2 amide bonds. The molecule has 1 heterocycles. The van der Waals surface area contributed by atoms with Crippen molar-refractivity contribution in [3.8, 4) is 5.75 Å². The Labute approximate surface area is 149 Å². The Morgan fingerprint density at radius 3 is 2.65 bits per heavy atom. The molecule has 3 rings (SSSR count). The van der Waals surface area contributed by atoms with E-state index in [4.69, 9.17) is 10.5 Å². The van der Waals surface area contributed by atoms with Gasteiger partial charge >= 0.3 is 0 Å². The van der Waals surface area contributed by atoms with E-state index in [1.54, 1.807) is 55.8 Å². The van der Waals surface area contributed by atoms with Gasteiger partial charge in [0.25, 0.3) is 11.5 Å². The highest BCUT2D eigenvalue weighted by atomic mass is 16.5. The molecule has 0 saturated carbocycles. The molecular weight excluding hydrogens is 334 g/mol. The van der Waals surface area contributed by atoms with Crippen molar-refractivity contribution >= 4 is 28.3 Å². The number of primary amides is 1. The molecule has 3 N–H and O–H groups in total. The molecule has 0 aliphatic heterocycles. The predicted molar refractivity (Wildman–Crippen MR) is 98.3 cm³/mol. The first-order valence-electron chi connectivity index (χ1n) is 7.85. The Morgan fingerprint density at radius 1 is 1.15 bits per heavy atom. The van der Waals surface area contributed by atoms with Crippen LogP contribution in [0.15, 0.2) is 59.5 Å². The SMILES string of the molecule is COc1ccc2c(=O)n(CC(=O)Nc3ccccc3C(N)=O)ccc2c1. The first-order valence-corrected chi connectivity index (χ1v) is 7.85. The summed E-state index contributed by atoms with van der Waals surface area (Å²) >= 11 is 0. The molecule has 0 radical (unpaired) electrons. The number of para-hydroxylation sites is 1. The second kappa shape index (κ2) is 7.10. The number of pyridine rings is 1. The van der Waals surface area contributed by atoms with Gasteiger partial charge in [0, 0.05) is 11.6 Å². The number of benzene rings is 2. The van der Waals surface area contributed by atoms with Gasteiger partial charge in [-0.1, -0.05) is 12.1 Å². The number of anilines is 1. The number of hydrogen-bond donors (Lipinski definition) is 2. The number of nitrogens with zero attached hydrogens (tertiary/aromatic N) is 1. The lowest BCUT2D eigenvalue weighted by molar-refractivity contribution is -0.116. The summed E-state index contributed by atoms with van der Waals surface area (Å²) in [5.74, 6) is -0.429. The lowest BCUT2D eigenvalue weighted by atomic mass is 10.1. The summed E-state index contributed by atoms with van der Waals surface area (Å²) < 4.78 is 6.45. The van der Waals surface area contributed by atoms with Crippen molar-refractivity contribution in [1.29, 1.82) is 0 Å². The number of rotatable bonds is 5. The second-order valence-electron chi connectivity index (χ2n) is 5.66. The summed E-state index contributed by atoms with van der Waals surface area (Å²) in [6, 6.07) is 13.3. The average molecular weight is 351 g/mol. The first kappa shape index (κ1) is 17.2. The number of fused-ring (bicyclic) bond motifs is 1. The number of nitrogens with one attached hydrogen (secondary N) is 1. The van der Waals surface area contributed by atoms with Crippen LogP contribution >= 0.6 is 0 Å². The molecule has 0 spiro atoms. The fourth-order valence-electron chi connectivity index (χ4n) is 2.67. The molecule has 2 aromatic carbocycles. The van der Waals surface area contributed by atoms with Crippen LogP contribution in [0.1, 0.15) is 10.4 Å². The number of nitrogens with two attached hydrogens (primary N) is 1. The van der Waals surface area contributed by atoms with E-state index < -0.39 is 11.8 Å². The summed E-state index contributed by atoms with van der Waals surface area (Å²) in [7, 11) is 1.55. The minimum atomic E-state index is -0.641. The molecule has 0 aliphatic carbocycles. The minimum Gasteiger partial charge on any atom is -0.497 e. The maximum Gasteiger partial charge on any atom is 0.258 e. The minimum absolute atomic E-state index is 0.187. The zero-order chi connectivity index (χ0) is 18.7. The number of methoxy groups -OCH3 is 1. The van der Waals surface area contributed by atoms with Gasteiger partial charge < -0.3 is 20.4 Å². The Balaban J connectivity index is 1.85. The third-order valence-corrected chi connectivity index (χ3v) is 3.96. The number of hydrogen-bond acceptors (Lipinski definition) is 4. The third-order valence-electron chi connectivity index (χ3n) is 3.96. The zero-order valence-corrected chi connectivity index (χ0v) is 14.1. The van der Waals surface area contributed by atoms with Crippen molar-refractivity contribution in [3.05, 3.63) is 70.6 Å². The smallest absolute Gasteiger partial charge is 0.258 e. The standard InChI is InChI=1S/C19H17N3O4/c1-26-13-6-7-14-12(10-13)8-9-22(19(14)25)11-17(23)21-16-5-3-2-4-15(16)18(20)24/h2-10H,11H2,1H3,(H2,20,24)(H,21,23). The topological polar surface area (TPSA) is 103 Å². The normalized spacial score (nSPS) is 10.5. The van der Waals surface area contributed by atoms with E-state index in [1.807, 2.05) is 0 Å². The largest absolute Gasteiger partial charge is 0.497 e. The van der Waals surface area contributed by atoms with Crippen LogP contribution in [0.25, 0.3) is 10.8 Å². The number of carbonyl (C=O) groups excluding carboxylic acids is 2. The van der Waals surface area contributed by atoms with E-state index in [1.165, 1.54) is 10.6 Å². The molecule has 1 aromatic heterocycles. The highest BCUT2D eigenvalue weighted by molar-refractivity contribution is 6.03. The second-order valence-corrected chi connectivity index (χ2v) is 5.66. The van der Waals surface area contributed by atoms with Crippen LogP contribution in [0.3, 0.4) is 0 Å². The maximum absolute atomic E-state index is 12.6. The molecule has 0 unspecified atom stereocenters. The summed E-state index contributed by atoms with van der Waals surface area (Å²) in [4.78, 5) is 36.3. The van der Waals surface area contributed by atoms with Gasteiger partial charge in [0.05, 0.1) is 18.4 Å². The molecular formula is C19H17N3O4. The number of ether oxygens (including phenoxy) is 1. The first-order chi connectivity index (χ1) is 12.5. The van der Waals surface area contributed by atoms with Gasteiger partial charge in [0.2, 0.25) is 5.91 Å². The summed E-state index contributed by atoms with van der Waals surface area (Å²) in [6.45, 7) is -0.187. The molecule has 0 saturated heterocycles. The van der Waals surface area contributed by atoms with Gasteiger partial charge in [-0.15, -0.1) is 0 Å². The fourth-order valence-corrected chi connectivity index (χ4v) is 2.67. The van der Waals surface area contributed by atoms with Crippen LogP contribution in [0.5, 0.6) is 5.75 Å². The number of carbonyl (C=O) groups is 2. The Bertz CT molecular complexity index is 1060. The van der Waals surface area contributed by atoms with E-state index in [2.05, 4.69) is 5.32 Å². The fraction of sp³-hybridized carbons (Fsp3) is 0.105. The van der Waals surface area contributed by atoms with E-state index >= 15 is 0 Å². The highest BCUT2D eigenvalue weighted by Gasteiger charge is 2.12. The van der Waals surface area contributed by atoms with Gasteiger partial charge in [0.15, 0.2) is 0 Å². The molecule has 3 aromatic rings. The Kier molecular flexibility index (Phi) is 4.70. The molecule has 0 aliphatic rings. The van der Waals surface area contributed by atoms with Gasteiger partial charge in [-0.3, -0.25) is 14.4 Å². The van der Waals surface area contributed by atoms with Gasteiger partial charge in [-0.05, 0) is 41.8 Å². The van der Waals surface area contributed by atoms with E-state index in [0.29, 0.717) is 16.8 Å². The van der Waals surface area contributed by atoms with Crippen molar-refractivity contribution in [3.63, 3.8) is 0 Å². The van der Waals surface area contributed by atoms with Gasteiger partial charge in [-0.2, -0.15) is 0 Å². The molecule has 0 fully saturated rings. The van der Waals surface area contributed by atoms with Crippen molar-refractivity contribution in [2.45, 2.75) is 6.54 Å². The third kappa shape index (κ3) is 3.41. The van der Waals surface area contributed by atoms with E-state index in [0.717, 1.165) is 5.39 Å². The van der Waals surface area contributed by atoms with Crippen molar-refractivity contribution in [1.82, 2.24) is 4.57 Å². The van der Waals surface area contributed by atoms with Crippen molar-refractivity contribution in [2.75, 3.05) is 12.4 Å². The predicted octanol–water partition coefficient (Wildman–Crippen LogP) is 1.75. The van der Waals surface area contributed by atoms with E-state index in [9.17, 15) is 14.4 Å². The quantitative estimate of drug-likeness (QED) is 0.731. The molecule has 7 nitrogen and oxygen atoms in total. The number of aromatic nitrogens is 1. The zero-order valence-electron chi connectivity index (χ0n) is 14.1. The Hall–Kier alpha value is -3.61. The van der Waals surface area contributed by atoms with Crippen molar-refractivity contribution in [2.24, 2.45) is 5.73 Å². The molecule has 26 heavy (non-hydrogen) atoms.